The van der Waals surface area contributed by atoms with Gasteiger partial charge in [0, 0.05) is 7.05 Å². The van der Waals surface area contributed by atoms with E-state index in [4.69, 9.17) is 0 Å². The van der Waals surface area contributed by atoms with E-state index in [1.807, 2.05) is 6.92 Å². The lowest BCUT2D eigenvalue weighted by Crippen LogP contribution is -2.41. The van der Waals surface area contributed by atoms with Crippen molar-refractivity contribution in [2.45, 2.75) is 44.4 Å². The Bertz CT molecular complexity index is 215. The van der Waals surface area contributed by atoms with E-state index in [0.29, 0.717) is 12.1 Å². The van der Waals surface area contributed by atoms with Crippen molar-refractivity contribution in [2.75, 3.05) is 7.05 Å². The van der Waals surface area contributed by atoms with Gasteiger partial charge >= 0.3 is 0 Å². The van der Waals surface area contributed by atoms with E-state index < -0.39 is 0 Å². The normalized spacial score (nSPS) is 41.1. The van der Waals surface area contributed by atoms with Crippen molar-refractivity contribution in [3.8, 4) is 0 Å². The first-order valence-electron chi connectivity index (χ1n) is 4.64. The van der Waals surface area contributed by atoms with Crippen LogP contribution in [0.2, 0.25) is 0 Å². The molecule has 3 heteroatoms. The van der Waals surface area contributed by atoms with Crippen molar-refractivity contribution >= 4 is 5.84 Å². The average Bonchev–Trinajstić information content (AvgIpc) is 2.28. The van der Waals surface area contributed by atoms with Crippen LogP contribution in [-0.2, 0) is 0 Å². The molecule has 0 bridgehead atoms. The molecule has 2 aliphatic rings. The molecule has 12 heavy (non-hydrogen) atoms. The van der Waals surface area contributed by atoms with E-state index in [2.05, 4.69) is 16.9 Å². The molecule has 3 unspecified atom stereocenters. The summed E-state index contributed by atoms with van der Waals surface area (Å²) >= 11 is 0. The van der Waals surface area contributed by atoms with Gasteiger partial charge in [-0.3, -0.25) is 4.99 Å². The smallest absolute Gasteiger partial charge is 0.0962 e. The fourth-order valence-electron chi connectivity index (χ4n) is 2.27. The summed E-state index contributed by atoms with van der Waals surface area (Å²) in [5.41, 5.74) is 0. The summed E-state index contributed by atoms with van der Waals surface area (Å²) in [5, 5.41) is 9.44. The summed E-state index contributed by atoms with van der Waals surface area (Å²) in [4.78, 5) is 6.77. The highest BCUT2D eigenvalue weighted by Gasteiger charge is 2.36. The standard InChI is InChI=1S/C9H16N2O/c1-6-10-8-5-7(12)3-4-9(8)11(6)2/h7-9,12H,3-5H2,1-2H3. The molecule has 3 nitrogen and oxygen atoms in total. The molecule has 1 fully saturated rings. The molecule has 2 rings (SSSR count). The molecule has 1 heterocycles. The van der Waals surface area contributed by atoms with Crippen LogP contribution >= 0.6 is 0 Å². The Morgan fingerprint density at radius 1 is 1.50 bits per heavy atom. The molecule has 0 aromatic carbocycles. The number of aliphatic hydroxyl groups excluding tert-OH is 1. The number of rotatable bonds is 0. The molecule has 0 radical (unpaired) electrons. The second kappa shape index (κ2) is 2.73. The van der Waals surface area contributed by atoms with Gasteiger partial charge in [-0.2, -0.15) is 0 Å². The molecule has 1 aliphatic carbocycles. The van der Waals surface area contributed by atoms with Crippen LogP contribution in [0.3, 0.4) is 0 Å². The molecule has 0 amide bonds. The molecule has 0 saturated heterocycles. The van der Waals surface area contributed by atoms with Crippen LogP contribution in [0.4, 0.5) is 0 Å². The first-order valence-corrected chi connectivity index (χ1v) is 4.64. The predicted molar refractivity (Wildman–Crippen MR) is 48.3 cm³/mol. The highest BCUT2D eigenvalue weighted by molar-refractivity contribution is 5.81. The van der Waals surface area contributed by atoms with Gasteiger partial charge in [0.2, 0.25) is 0 Å². The fraction of sp³-hybridized carbons (Fsp3) is 0.889. The van der Waals surface area contributed by atoms with Gasteiger partial charge in [-0.15, -0.1) is 0 Å². The van der Waals surface area contributed by atoms with E-state index >= 15 is 0 Å². The maximum absolute atomic E-state index is 9.44. The van der Waals surface area contributed by atoms with Crippen molar-refractivity contribution in [2.24, 2.45) is 4.99 Å². The third-order valence-corrected chi connectivity index (χ3v) is 3.11. The van der Waals surface area contributed by atoms with Crippen molar-refractivity contribution in [3.63, 3.8) is 0 Å². The summed E-state index contributed by atoms with van der Waals surface area (Å²) in [6, 6.07) is 0.923. The monoisotopic (exact) mass is 168 g/mol. The highest BCUT2D eigenvalue weighted by Crippen LogP contribution is 2.29. The molecule has 0 aromatic rings. The number of amidine groups is 1. The first-order chi connectivity index (χ1) is 5.68. The maximum Gasteiger partial charge on any atom is 0.0962 e. The number of aliphatic imine (C=N–C) groups is 1. The van der Waals surface area contributed by atoms with E-state index in [1.165, 1.54) is 0 Å². The van der Waals surface area contributed by atoms with Crippen molar-refractivity contribution < 1.29 is 5.11 Å². The third kappa shape index (κ3) is 1.12. The van der Waals surface area contributed by atoms with Gasteiger partial charge in [0.05, 0.1) is 24.0 Å². The van der Waals surface area contributed by atoms with Crippen LogP contribution in [-0.4, -0.2) is 41.1 Å². The van der Waals surface area contributed by atoms with E-state index in [9.17, 15) is 5.11 Å². The van der Waals surface area contributed by atoms with Crippen LogP contribution in [0.1, 0.15) is 26.2 Å². The van der Waals surface area contributed by atoms with Crippen LogP contribution in [0.25, 0.3) is 0 Å². The Kier molecular flexibility index (Phi) is 1.83. The Labute approximate surface area is 73.1 Å². The van der Waals surface area contributed by atoms with Crippen LogP contribution in [0, 0.1) is 0 Å². The number of hydrogen-bond donors (Lipinski definition) is 1. The summed E-state index contributed by atoms with van der Waals surface area (Å²) < 4.78 is 0. The molecule has 0 spiro atoms. The molecule has 0 aromatic heterocycles. The molecule has 1 aliphatic heterocycles. The highest BCUT2D eigenvalue weighted by atomic mass is 16.3. The number of nitrogens with zero attached hydrogens (tertiary/aromatic N) is 2. The van der Waals surface area contributed by atoms with Gasteiger partial charge in [-0.25, -0.2) is 0 Å². The third-order valence-electron chi connectivity index (χ3n) is 3.11. The second-order valence-electron chi connectivity index (χ2n) is 3.89. The Morgan fingerprint density at radius 3 is 3.00 bits per heavy atom. The minimum absolute atomic E-state index is 0.116. The predicted octanol–water partition coefficient (Wildman–Crippen LogP) is 0.632. The zero-order chi connectivity index (χ0) is 8.72. The van der Waals surface area contributed by atoms with Gasteiger partial charge < -0.3 is 10.0 Å². The summed E-state index contributed by atoms with van der Waals surface area (Å²) in [6.07, 6.45) is 2.76. The van der Waals surface area contributed by atoms with Crippen LogP contribution in [0.15, 0.2) is 4.99 Å². The molecule has 68 valence electrons. The largest absolute Gasteiger partial charge is 0.393 e. The van der Waals surface area contributed by atoms with Gasteiger partial charge in [0.15, 0.2) is 0 Å². The van der Waals surface area contributed by atoms with Crippen LogP contribution < -0.4 is 0 Å². The van der Waals surface area contributed by atoms with E-state index in [-0.39, 0.29) is 6.10 Å². The number of fused-ring (bicyclic) bond motifs is 1. The zero-order valence-electron chi connectivity index (χ0n) is 7.70. The molecule has 1 N–H and O–H groups in total. The first kappa shape index (κ1) is 8.05. The Hall–Kier alpha value is -0.570. The SMILES string of the molecule is CC1=NC2CC(O)CCC2N1C. The van der Waals surface area contributed by atoms with Gasteiger partial charge in [-0.05, 0) is 26.2 Å². The van der Waals surface area contributed by atoms with Crippen LogP contribution in [0.5, 0.6) is 0 Å². The van der Waals surface area contributed by atoms with Crippen molar-refractivity contribution in [1.29, 1.82) is 0 Å². The molecule has 1 saturated carbocycles. The number of aliphatic hydroxyl groups is 1. The van der Waals surface area contributed by atoms with E-state index in [1.54, 1.807) is 0 Å². The van der Waals surface area contributed by atoms with Gasteiger partial charge in [0.25, 0.3) is 0 Å². The Balaban J connectivity index is 2.11. The van der Waals surface area contributed by atoms with Gasteiger partial charge in [0.1, 0.15) is 0 Å². The Morgan fingerprint density at radius 2 is 2.25 bits per heavy atom. The van der Waals surface area contributed by atoms with Crippen molar-refractivity contribution in [3.05, 3.63) is 0 Å². The molecular formula is C9H16N2O. The maximum atomic E-state index is 9.44. The quantitative estimate of drug-likeness (QED) is 0.576. The number of likely N-dealkylation sites (N-methyl/N-ethyl adjacent to an activating group) is 1. The van der Waals surface area contributed by atoms with E-state index in [0.717, 1.165) is 25.1 Å². The lowest BCUT2D eigenvalue weighted by atomic mass is 9.89. The summed E-state index contributed by atoms with van der Waals surface area (Å²) in [7, 11) is 2.10. The van der Waals surface area contributed by atoms with Crippen molar-refractivity contribution in [1.82, 2.24) is 4.90 Å². The summed E-state index contributed by atoms with van der Waals surface area (Å²) in [6.45, 7) is 2.05. The number of hydrogen-bond acceptors (Lipinski definition) is 3. The lowest BCUT2D eigenvalue weighted by molar-refractivity contribution is 0.0972. The minimum atomic E-state index is -0.116. The fourth-order valence-corrected chi connectivity index (χ4v) is 2.27. The van der Waals surface area contributed by atoms with Gasteiger partial charge in [-0.1, -0.05) is 0 Å². The summed E-state index contributed by atoms with van der Waals surface area (Å²) in [5.74, 6) is 1.12. The lowest BCUT2D eigenvalue weighted by Gasteiger charge is -2.32. The molecular weight excluding hydrogens is 152 g/mol. The zero-order valence-corrected chi connectivity index (χ0v) is 7.70. The molecule has 3 atom stereocenters. The topological polar surface area (TPSA) is 35.8 Å². The minimum Gasteiger partial charge on any atom is -0.393 e. The second-order valence-corrected chi connectivity index (χ2v) is 3.89. The average molecular weight is 168 g/mol.